The Kier molecular flexibility index (Phi) is 5.59. The second kappa shape index (κ2) is 7.43. The average Bonchev–Trinajstić information content (AvgIpc) is 2.47. The summed E-state index contributed by atoms with van der Waals surface area (Å²) in [6.07, 6.45) is 1.79. The number of nitrogens with one attached hydrogen (secondary N) is 1. The first-order valence-electron chi connectivity index (χ1n) is 6.79. The maximum Gasteiger partial charge on any atom is 0.251 e. The van der Waals surface area contributed by atoms with Crippen LogP contribution in [0.4, 0.5) is 0 Å². The summed E-state index contributed by atoms with van der Waals surface area (Å²) in [6, 6.07) is 18.1. The van der Waals surface area contributed by atoms with Gasteiger partial charge < -0.3 is 5.32 Å². The third-order valence-electron chi connectivity index (χ3n) is 3.24. The highest BCUT2D eigenvalue weighted by atomic mass is 127. The molecule has 2 aromatic carbocycles. The zero-order valence-electron chi connectivity index (χ0n) is 11.5. The van der Waals surface area contributed by atoms with Gasteiger partial charge in [-0.1, -0.05) is 43.3 Å². The van der Waals surface area contributed by atoms with Crippen LogP contribution in [0.2, 0.25) is 0 Å². The second-order valence-corrected chi connectivity index (χ2v) is 6.02. The summed E-state index contributed by atoms with van der Waals surface area (Å²) in [5.74, 6) is 0.00583. The van der Waals surface area contributed by atoms with Gasteiger partial charge in [0.25, 0.3) is 5.91 Å². The fourth-order valence-corrected chi connectivity index (χ4v) is 2.64. The largest absolute Gasteiger partial charge is 0.349 e. The highest BCUT2D eigenvalue weighted by molar-refractivity contribution is 14.1. The molecule has 0 aliphatic rings. The monoisotopic (exact) mass is 379 g/mol. The molecule has 2 aromatic rings. The molecule has 0 saturated heterocycles. The predicted molar refractivity (Wildman–Crippen MR) is 90.9 cm³/mol. The van der Waals surface area contributed by atoms with E-state index in [1.807, 2.05) is 42.5 Å². The maximum absolute atomic E-state index is 12.2. The molecule has 0 unspecified atom stereocenters. The molecule has 20 heavy (non-hydrogen) atoms. The molecule has 0 radical (unpaired) electrons. The molecule has 2 nitrogen and oxygen atoms in total. The van der Waals surface area contributed by atoms with Crippen molar-refractivity contribution in [1.29, 1.82) is 0 Å². The van der Waals surface area contributed by atoms with Gasteiger partial charge >= 0.3 is 0 Å². The third-order valence-corrected chi connectivity index (χ3v) is 3.91. The minimum absolute atomic E-state index is 0.00583. The predicted octanol–water partition coefficient (Wildman–Crippen LogP) is 4.04. The summed E-state index contributed by atoms with van der Waals surface area (Å²) in [7, 11) is 0. The molecule has 0 fully saturated rings. The maximum atomic E-state index is 12.2. The Hall–Kier alpha value is -1.36. The van der Waals surface area contributed by atoms with Gasteiger partial charge in [-0.25, -0.2) is 0 Å². The van der Waals surface area contributed by atoms with Crippen LogP contribution in [0, 0.1) is 3.57 Å². The summed E-state index contributed by atoms with van der Waals surface area (Å²) in [6.45, 7) is 2.10. The number of benzene rings is 2. The van der Waals surface area contributed by atoms with Crippen molar-refractivity contribution in [1.82, 2.24) is 5.32 Å². The van der Waals surface area contributed by atoms with Crippen LogP contribution in [0.1, 0.15) is 29.3 Å². The van der Waals surface area contributed by atoms with E-state index in [2.05, 4.69) is 47.0 Å². The van der Waals surface area contributed by atoms with E-state index < -0.39 is 0 Å². The Labute approximate surface area is 133 Å². The first-order valence-corrected chi connectivity index (χ1v) is 7.87. The molecule has 1 atom stereocenters. The lowest BCUT2D eigenvalue weighted by molar-refractivity contribution is 0.0935. The Morgan fingerprint density at radius 1 is 1.15 bits per heavy atom. The van der Waals surface area contributed by atoms with E-state index >= 15 is 0 Å². The minimum Gasteiger partial charge on any atom is -0.349 e. The molecule has 0 bridgehead atoms. The molecule has 0 aliphatic carbocycles. The van der Waals surface area contributed by atoms with Gasteiger partial charge in [-0.2, -0.15) is 0 Å². The zero-order valence-corrected chi connectivity index (χ0v) is 13.6. The fourth-order valence-electron chi connectivity index (χ4n) is 2.09. The Bertz CT molecular complexity index is 568. The Morgan fingerprint density at radius 2 is 1.90 bits per heavy atom. The molecule has 1 amide bonds. The van der Waals surface area contributed by atoms with Crippen molar-refractivity contribution in [2.75, 3.05) is 0 Å². The van der Waals surface area contributed by atoms with Gasteiger partial charge in [0.1, 0.15) is 0 Å². The summed E-state index contributed by atoms with van der Waals surface area (Å²) >= 11 is 2.22. The van der Waals surface area contributed by atoms with Crippen molar-refractivity contribution in [3.8, 4) is 0 Å². The zero-order chi connectivity index (χ0) is 14.4. The summed E-state index contributed by atoms with van der Waals surface area (Å²) in [5, 5.41) is 3.12. The average molecular weight is 379 g/mol. The van der Waals surface area contributed by atoms with Crippen molar-refractivity contribution in [3.05, 3.63) is 69.3 Å². The molecular formula is C17H18INO. The van der Waals surface area contributed by atoms with Crippen molar-refractivity contribution in [2.45, 2.75) is 25.8 Å². The van der Waals surface area contributed by atoms with Crippen molar-refractivity contribution in [3.63, 3.8) is 0 Å². The number of hydrogen-bond acceptors (Lipinski definition) is 1. The Balaban J connectivity index is 2.01. The molecule has 0 saturated carbocycles. The van der Waals surface area contributed by atoms with E-state index in [1.54, 1.807) is 0 Å². The molecule has 0 aliphatic heterocycles. The van der Waals surface area contributed by atoms with Crippen LogP contribution >= 0.6 is 22.6 Å². The lowest BCUT2D eigenvalue weighted by Gasteiger charge is -2.17. The van der Waals surface area contributed by atoms with Crippen molar-refractivity contribution >= 4 is 28.5 Å². The topological polar surface area (TPSA) is 29.1 Å². The van der Waals surface area contributed by atoms with E-state index in [0.29, 0.717) is 0 Å². The molecule has 2 rings (SSSR count). The SMILES string of the molecule is CC[C@@H](Cc1ccccc1)NC(=O)c1cccc(I)c1. The number of carbonyl (C=O) groups excluding carboxylic acids is 1. The summed E-state index contributed by atoms with van der Waals surface area (Å²) in [4.78, 5) is 12.2. The molecule has 104 valence electrons. The summed E-state index contributed by atoms with van der Waals surface area (Å²) in [5.41, 5.74) is 1.98. The fraction of sp³-hybridized carbons (Fsp3) is 0.235. The third kappa shape index (κ3) is 4.34. The van der Waals surface area contributed by atoms with Crippen LogP contribution in [0.15, 0.2) is 54.6 Å². The second-order valence-electron chi connectivity index (χ2n) is 4.78. The molecular weight excluding hydrogens is 361 g/mol. The summed E-state index contributed by atoms with van der Waals surface area (Å²) < 4.78 is 1.08. The Morgan fingerprint density at radius 3 is 2.55 bits per heavy atom. The van der Waals surface area contributed by atoms with Gasteiger partial charge in [-0.3, -0.25) is 4.79 Å². The molecule has 1 N–H and O–H groups in total. The number of hydrogen-bond donors (Lipinski definition) is 1. The highest BCUT2D eigenvalue weighted by Crippen LogP contribution is 2.10. The van der Waals surface area contributed by atoms with Gasteiger partial charge in [-0.15, -0.1) is 0 Å². The van der Waals surface area contributed by atoms with Gasteiger partial charge in [0.05, 0.1) is 0 Å². The number of rotatable bonds is 5. The molecule has 0 aromatic heterocycles. The molecule has 3 heteroatoms. The van der Waals surface area contributed by atoms with E-state index in [1.165, 1.54) is 5.56 Å². The van der Waals surface area contributed by atoms with Crippen LogP contribution in [0.3, 0.4) is 0 Å². The first-order chi connectivity index (χ1) is 9.69. The lowest BCUT2D eigenvalue weighted by Crippen LogP contribution is -2.36. The number of halogens is 1. The van der Waals surface area contributed by atoms with Gasteiger partial charge in [0.15, 0.2) is 0 Å². The van der Waals surface area contributed by atoms with Crippen LogP contribution in [0.5, 0.6) is 0 Å². The molecule has 0 spiro atoms. The first kappa shape index (κ1) is 15.0. The number of carbonyl (C=O) groups is 1. The van der Waals surface area contributed by atoms with Gasteiger partial charge in [0.2, 0.25) is 0 Å². The van der Waals surface area contributed by atoms with E-state index in [0.717, 1.165) is 22.0 Å². The van der Waals surface area contributed by atoms with Crippen LogP contribution in [-0.4, -0.2) is 11.9 Å². The normalized spacial score (nSPS) is 11.9. The number of amides is 1. The smallest absolute Gasteiger partial charge is 0.251 e. The van der Waals surface area contributed by atoms with Crippen LogP contribution < -0.4 is 5.32 Å². The highest BCUT2D eigenvalue weighted by Gasteiger charge is 2.12. The quantitative estimate of drug-likeness (QED) is 0.781. The van der Waals surface area contributed by atoms with E-state index in [9.17, 15) is 4.79 Å². The minimum atomic E-state index is 0.00583. The van der Waals surface area contributed by atoms with Crippen molar-refractivity contribution in [2.24, 2.45) is 0 Å². The van der Waals surface area contributed by atoms with Gasteiger partial charge in [0, 0.05) is 15.2 Å². The van der Waals surface area contributed by atoms with Crippen LogP contribution in [0.25, 0.3) is 0 Å². The van der Waals surface area contributed by atoms with E-state index in [4.69, 9.17) is 0 Å². The van der Waals surface area contributed by atoms with Crippen LogP contribution in [-0.2, 0) is 6.42 Å². The molecule has 0 heterocycles. The van der Waals surface area contributed by atoms with Crippen molar-refractivity contribution < 1.29 is 4.79 Å². The van der Waals surface area contributed by atoms with E-state index in [-0.39, 0.29) is 11.9 Å². The lowest BCUT2D eigenvalue weighted by atomic mass is 10.0. The van der Waals surface area contributed by atoms with Gasteiger partial charge in [-0.05, 0) is 59.2 Å². The standard InChI is InChI=1S/C17H18INO/c1-2-16(11-13-7-4-3-5-8-13)19-17(20)14-9-6-10-15(18)12-14/h3-10,12,16H,2,11H2,1H3,(H,19,20)/t16-/m0/s1.